The number of rotatable bonds is 8. The highest BCUT2D eigenvalue weighted by Crippen LogP contribution is 2.65. The maximum Gasteiger partial charge on any atom is 0.413 e. The van der Waals surface area contributed by atoms with Gasteiger partial charge in [-0.2, -0.15) is 13.2 Å². The average molecular weight is 662 g/mol. The second kappa shape index (κ2) is 12.2. The fourth-order valence-corrected chi connectivity index (χ4v) is 5.24. The van der Waals surface area contributed by atoms with Crippen LogP contribution in [0.5, 0.6) is 0 Å². The molecule has 1 aliphatic rings. The van der Waals surface area contributed by atoms with E-state index in [2.05, 4.69) is 22.7 Å². The summed E-state index contributed by atoms with van der Waals surface area (Å²) < 4.78 is 36.7. The summed E-state index contributed by atoms with van der Waals surface area (Å²) in [6.45, 7) is 4.40. The normalized spacial score (nSPS) is 18.8. The van der Waals surface area contributed by atoms with Gasteiger partial charge in [0.05, 0.1) is 16.5 Å². The summed E-state index contributed by atoms with van der Waals surface area (Å²) in [5, 5.41) is 2.90. The average Bonchev–Trinajstić information content (AvgIpc) is 3.42. The molecule has 1 fully saturated rings. The standard InChI is InChI=1S/C25H18Cl6F3N3O2/c1-11(3-5-18(28)12(2)25(32,33)34)36-37-22(38)17-10-16(4-6-19(17)29)35-23(39)21-20(24(21,30)31)13-7-14(26)9-15(27)8-13/h3-10,20-21,36H,1H2,2H3,(H,35,39)(H,37,38)/b5-3-,18-12-. The Bertz CT molecular complexity index is 1370. The van der Waals surface area contributed by atoms with Crippen LogP contribution in [-0.4, -0.2) is 22.3 Å². The second-order valence-electron chi connectivity index (χ2n) is 8.42. The van der Waals surface area contributed by atoms with E-state index in [9.17, 15) is 22.8 Å². The number of amides is 2. The molecule has 0 heterocycles. The summed E-state index contributed by atoms with van der Waals surface area (Å²) in [4.78, 5) is 25.6. The van der Waals surface area contributed by atoms with Crippen LogP contribution in [0.3, 0.4) is 0 Å². The number of hydrogen-bond acceptors (Lipinski definition) is 3. The van der Waals surface area contributed by atoms with E-state index in [0.717, 1.165) is 19.1 Å². The minimum absolute atomic E-state index is 0.0263. The van der Waals surface area contributed by atoms with Crippen LogP contribution in [0.15, 0.2) is 71.4 Å². The first-order valence-corrected chi connectivity index (χ1v) is 13.1. The van der Waals surface area contributed by atoms with E-state index in [-0.39, 0.29) is 22.0 Å². The van der Waals surface area contributed by atoms with Gasteiger partial charge < -0.3 is 5.32 Å². The Balaban J connectivity index is 1.66. The van der Waals surface area contributed by atoms with Gasteiger partial charge in [-0.15, -0.1) is 23.2 Å². The van der Waals surface area contributed by atoms with Crippen molar-refractivity contribution < 1.29 is 22.8 Å². The number of nitrogens with one attached hydrogen (secondary N) is 3. The van der Waals surface area contributed by atoms with Gasteiger partial charge in [0.25, 0.3) is 5.91 Å². The topological polar surface area (TPSA) is 70.2 Å². The molecular formula is C25H18Cl6F3N3O2. The molecule has 208 valence electrons. The molecule has 39 heavy (non-hydrogen) atoms. The van der Waals surface area contributed by atoms with Crippen LogP contribution in [-0.2, 0) is 4.79 Å². The number of allylic oxidation sites excluding steroid dienone is 4. The van der Waals surface area contributed by atoms with E-state index < -0.39 is 44.8 Å². The molecule has 1 aliphatic carbocycles. The van der Waals surface area contributed by atoms with Gasteiger partial charge in [0.15, 0.2) is 0 Å². The van der Waals surface area contributed by atoms with Gasteiger partial charge in [-0.25, -0.2) is 0 Å². The Hall–Kier alpha value is -2.07. The number of hydrogen-bond donors (Lipinski definition) is 3. The Labute approximate surface area is 251 Å². The molecule has 2 unspecified atom stereocenters. The second-order valence-corrected chi connectivity index (χ2v) is 11.6. The molecule has 0 aliphatic heterocycles. The molecule has 0 radical (unpaired) electrons. The van der Waals surface area contributed by atoms with Gasteiger partial charge >= 0.3 is 6.18 Å². The van der Waals surface area contributed by atoms with Crippen molar-refractivity contribution in [2.75, 3.05) is 5.32 Å². The lowest BCUT2D eigenvalue weighted by molar-refractivity contribution is -0.117. The van der Waals surface area contributed by atoms with Crippen LogP contribution in [0.2, 0.25) is 15.1 Å². The van der Waals surface area contributed by atoms with E-state index in [0.29, 0.717) is 15.6 Å². The number of anilines is 1. The summed E-state index contributed by atoms with van der Waals surface area (Å²) in [5.74, 6) is -2.63. The van der Waals surface area contributed by atoms with Gasteiger partial charge in [0, 0.05) is 38.0 Å². The van der Waals surface area contributed by atoms with Crippen molar-refractivity contribution in [3.8, 4) is 0 Å². The van der Waals surface area contributed by atoms with Crippen LogP contribution in [0.4, 0.5) is 18.9 Å². The van der Waals surface area contributed by atoms with Crippen molar-refractivity contribution in [3.63, 3.8) is 0 Å². The molecule has 2 atom stereocenters. The largest absolute Gasteiger partial charge is 0.413 e. The highest BCUT2D eigenvalue weighted by Gasteiger charge is 2.67. The zero-order valence-electron chi connectivity index (χ0n) is 19.7. The molecule has 0 saturated heterocycles. The lowest BCUT2D eigenvalue weighted by Crippen LogP contribution is -2.36. The Morgan fingerprint density at radius 2 is 1.62 bits per heavy atom. The summed E-state index contributed by atoms with van der Waals surface area (Å²) in [7, 11) is 0. The third kappa shape index (κ3) is 7.78. The van der Waals surface area contributed by atoms with Crippen molar-refractivity contribution >= 4 is 87.1 Å². The van der Waals surface area contributed by atoms with Crippen molar-refractivity contribution in [1.29, 1.82) is 0 Å². The first-order chi connectivity index (χ1) is 18.0. The summed E-state index contributed by atoms with van der Waals surface area (Å²) in [6.07, 6.45) is -2.47. The van der Waals surface area contributed by atoms with E-state index >= 15 is 0 Å². The predicted molar refractivity (Wildman–Crippen MR) is 151 cm³/mol. The Morgan fingerprint density at radius 3 is 2.21 bits per heavy atom. The lowest BCUT2D eigenvalue weighted by atomic mass is 10.1. The van der Waals surface area contributed by atoms with Gasteiger partial charge in [-0.05, 0) is 61.0 Å². The number of carbonyl (C=O) groups excluding carboxylic acids is 2. The van der Waals surface area contributed by atoms with Gasteiger partial charge in [-0.1, -0.05) is 53.0 Å². The fourth-order valence-electron chi connectivity index (χ4n) is 3.50. The van der Waals surface area contributed by atoms with Crippen molar-refractivity contribution in [2.24, 2.45) is 5.92 Å². The summed E-state index contributed by atoms with van der Waals surface area (Å²) in [5.41, 5.74) is 4.57. The molecule has 5 nitrogen and oxygen atoms in total. The molecule has 2 aromatic rings. The lowest BCUT2D eigenvalue weighted by Gasteiger charge is -2.12. The molecule has 2 amide bonds. The van der Waals surface area contributed by atoms with Crippen molar-refractivity contribution in [2.45, 2.75) is 23.4 Å². The molecule has 1 saturated carbocycles. The maximum absolute atomic E-state index is 13.0. The molecule has 0 bridgehead atoms. The summed E-state index contributed by atoms with van der Waals surface area (Å²) in [6, 6.07) is 8.96. The minimum atomic E-state index is -4.58. The fraction of sp³-hybridized carbons (Fsp3) is 0.200. The van der Waals surface area contributed by atoms with Crippen LogP contribution < -0.4 is 16.2 Å². The third-order valence-corrected chi connectivity index (χ3v) is 7.73. The highest BCUT2D eigenvalue weighted by atomic mass is 35.5. The highest BCUT2D eigenvalue weighted by molar-refractivity contribution is 6.53. The number of halogens is 9. The minimum Gasteiger partial charge on any atom is -0.326 e. The van der Waals surface area contributed by atoms with E-state index in [1.165, 1.54) is 24.3 Å². The molecule has 14 heteroatoms. The molecule has 2 aromatic carbocycles. The maximum atomic E-state index is 13.0. The van der Waals surface area contributed by atoms with E-state index in [4.69, 9.17) is 69.6 Å². The molecule has 0 spiro atoms. The number of carbonyl (C=O) groups is 2. The van der Waals surface area contributed by atoms with Crippen LogP contribution >= 0.6 is 69.6 Å². The smallest absolute Gasteiger partial charge is 0.326 e. The molecule has 0 aromatic heterocycles. The van der Waals surface area contributed by atoms with Crippen LogP contribution in [0.1, 0.15) is 28.8 Å². The first-order valence-electron chi connectivity index (χ1n) is 10.8. The third-order valence-electron chi connectivity index (χ3n) is 5.61. The molecular weight excluding hydrogens is 644 g/mol. The Morgan fingerprint density at radius 1 is 1.00 bits per heavy atom. The SMILES string of the molecule is C=C(/C=C\C(Cl)=C(/C)C(F)(F)F)NNC(=O)c1cc(NC(=O)C2C(c3cc(Cl)cc(Cl)c3)C2(Cl)Cl)ccc1Cl. The number of alkyl halides is 5. The zero-order valence-corrected chi connectivity index (χ0v) is 24.2. The zero-order chi connectivity index (χ0) is 29.3. The van der Waals surface area contributed by atoms with Gasteiger partial charge in [-0.3, -0.25) is 20.4 Å². The molecule has 3 rings (SSSR count). The monoisotopic (exact) mass is 659 g/mol. The van der Waals surface area contributed by atoms with E-state index in [1.54, 1.807) is 12.1 Å². The molecule has 3 N–H and O–H groups in total. The van der Waals surface area contributed by atoms with Crippen LogP contribution in [0, 0.1) is 5.92 Å². The van der Waals surface area contributed by atoms with Crippen molar-refractivity contribution in [1.82, 2.24) is 10.9 Å². The van der Waals surface area contributed by atoms with Gasteiger partial charge in [0.2, 0.25) is 5.91 Å². The predicted octanol–water partition coefficient (Wildman–Crippen LogP) is 8.55. The van der Waals surface area contributed by atoms with Gasteiger partial charge in [0.1, 0.15) is 4.33 Å². The number of benzene rings is 2. The summed E-state index contributed by atoms with van der Waals surface area (Å²) >= 11 is 36.6. The first kappa shape index (κ1) is 31.5. The number of hydrazine groups is 1. The van der Waals surface area contributed by atoms with E-state index in [1.807, 2.05) is 0 Å². The van der Waals surface area contributed by atoms with Crippen molar-refractivity contribution in [3.05, 3.63) is 97.6 Å². The Kier molecular flexibility index (Phi) is 9.85. The van der Waals surface area contributed by atoms with Crippen LogP contribution in [0.25, 0.3) is 0 Å². The quantitative estimate of drug-likeness (QED) is 0.151.